The third-order valence-corrected chi connectivity index (χ3v) is 6.10. The highest BCUT2D eigenvalue weighted by atomic mass is 32.1. The maximum Gasteiger partial charge on any atom is 0.123 e. The molecule has 0 bridgehead atoms. The van der Waals surface area contributed by atoms with Crippen LogP contribution in [0.15, 0.2) is 30.3 Å². The van der Waals surface area contributed by atoms with E-state index in [1.807, 2.05) is 6.07 Å². The van der Waals surface area contributed by atoms with Gasteiger partial charge < -0.3 is 10.4 Å². The van der Waals surface area contributed by atoms with E-state index in [1.54, 1.807) is 11.3 Å². The fourth-order valence-corrected chi connectivity index (χ4v) is 4.50. The second-order valence-corrected chi connectivity index (χ2v) is 7.68. The molecule has 23 heavy (non-hydrogen) atoms. The van der Waals surface area contributed by atoms with Crippen molar-refractivity contribution in [3.8, 4) is 10.6 Å². The van der Waals surface area contributed by atoms with Gasteiger partial charge in [0.1, 0.15) is 5.01 Å². The van der Waals surface area contributed by atoms with Crippen LogP contribution in [0.1, 0.15) is 49.2 Å². The van der Waals surface area contributed by atoms with E-state index in [9.17, 15) is 5.11 Å². The molecule has 1 heterocycles. The number of aliphatic hydroxyl groups is 1. The number of benzene rings is 1. The lowest BCUT2D eigenvalue weighted by Crippen LogP contribution is -2.30. The van der Waals surface area contributed by atoms with Crippen molar-refractivity contribution in [3.63, 3.8) is 0 Å². The van der Waals surface area contributed by atoms with Crippen LogP contribution in [0.4, 0.5) is 0 Å². The summed E-state index contributed by atoms with van der Waals surface area (Å²) in [4.78, 5) is 6.07. The van der Waals surface area contributed by atoms with Gasteiger partial charge in [-0.05, 0) is 45.6 Å². The number of aliphatic hydroxyl groups excluding tert-OH is 1. The molecule has 1 saturated carbocycles. The SMILES string of the molecule is Cc1nc(-c2ccccc2)sc1C(C)NCC1CCCC(O)C1. The number of hydrogen-bond donors (Lipinski definition) is 2. The van der Waals surface area contributed by atoms with Gasteiger partial charge in [0, 0.05) is 16.5 Å². The fourth-order valence-electron chi connectivity index (χ4n) is 3.40. The maximum atomic E-state index is 9.80. The normalized spacial score (nSPS) is 22.9. The summed E-state index contributed by atoms with van der Waals surface area (Å²) in [5.74, 6) is 0.600. The van der Waals surface area contributed by atoms with Gasteiger partial charge in [0.15, 0.2) is 0 Å². The van der Waals surface area contributed by atoms with Gasteiger partial charge in [-0.3, -0.25) is 0 Å². The number of nitrogens with one attached hydrogen (secondary N) is 1. The van der Waals surface area contributed by atoms with E-state index in [2.05, 4.69) is 43.4 Å². The minimum atomic E-state index is -0.0966. The van der Waals surface area contributed by atoms with Crippen LogP contribution in [0, 0.1) is 12.8 Å². The average Bonchev–Trinajstić information content (AvgIpc) is 2.95. The van der Waals surface area contributed by atoms with Crippen LogP contribution in [-0.4, -0.2) is 22.7 Å². The molecule has 3 unspecified atom stereocenters. The summed E-state index contributed by atoms with van der Waals surface area (Å²) < 4.78 is 0. The van der Waals surface area contributed by atoms with Gasteiger partial charge in [-0.15, -0.1) is 11.3 Å². The highest BCUT2D eigenvalue weighted by Gasteiger charge is 2.21. The smallest absolute Gasteiger partial charge is 0.123 e. The zero-order valence-electron chi connectivity index (χ0n) is 14.0. The van der Waals surface area contributed by atoms with Gasteiger partial charge in [0.05, 0.1) is 11.8 Å². The minimum absolute atomic E-state index is 0.0966. The molecule has 2 aromatic rings. The third kappa shape index (κ3) is 4.19. The molecular weight excluding hydrogens is 304 g/mol. The lowest BCUT2D eigenvalue weighted by Gasteiger charge is -2.27. The van der Waals surface area contributed by atoms with Crippen LogP contribution in [0.2, 0.25) is 0 Å². The number of nitrogens with zero attached hydrogens (tertiary/aromatic N) is 1. The summed E-state index contributed by atoms with van der Waals surface area (Å²) in [6, 6.07) is 10.7. The molecule has 1 fully saturated rings. The minimum Gasteiger partial charge on any atom is -0.393 e. The van der Waals surface area contributed by atoms with Crippen molar-refractivity contribution in [1.82, 2.24) is 10.3 Å². The van der Waals surface area contributed by atoms with Crippen LogP contribution in [0.3, 0.4) is 0 Å². The van der Waals surface area contributed by atoms with Crippen molar-refractivity contribution < 1.29 is 5.11 Å². The first-order valence-corrected chi connectivity index (χ1v) is 9.39. The third-order valence-electron chi connectivity index (χ3n) is 4.71. The molecule has 1 aromatic heterocycles. The predicted octanol–water partition coefficient (Wildman–Crippen LogP) is 4.32. The first kappa shape index (κ1) is 16.6. The van der Waals surface area contributed by atoms with Crippen molar-refractivity contribution >= 4 is 11.3 Å². The largest absolute Gasteiger partial charge is 0.393 e. The summed E-state index contributed by atoms with van der Waals surface area (Å²) in [7, 11) is 0. The number of thiazole rings is 1. The number of aryl methyl sites for hydroxylation is 1. The van der Waals surface area contributed by atoms with Gasteiger partial charge in [-0.2, -0.15) is 0 Å². The molecular formula is C19H26N2OS. The molecule has 0 saturated heterocycles. The topological polar surface area (TPSA) is 45.2 Å². The van der Waals surface area contributed by atoms with Gasteiger partial charge in [-0.25, -0.2) is 4.98 Å². The molecule has 0 radical (unpaired) electrons. The molecule has 2 N–H and O–H groups in total. The summed E-state index contributed by atoms with van der Waals surface area (Å²) in [5.41, 5.74) is 2.31. The van der Waals surface area contributed by atoms with Crippen molar-refractivity contribution in [2.75, 3.05) is 6.54 Å². The first-order chi connectivity index (χ1) is 11.1. The monoisotopic (exact) mass is 330 g/mol. The lowest BCUT2D eigenvalue weighted by molar-refractivity contribution is 0.0998. The van der Waals surface area contributed by atoms with Gasteiger partial charge >= 0.3 is 0 Å². The van der Waals surface area contributed by atoms with Gasteiger partial charge in [-0.1, -0.05) is 36.8 Å². The Morgan fingerprint density at radius 2 is 2.09 bits per heavy atom. The quantitative estimate of drug-likeness (QED) is 0.858. The summed E-state index contributed by atoms with van der Waals surface area (Å²) in [6.45, 7) is 5.30. The molecule has 0 amide bonds. The summed E-state index contributed by atoms with van der Waals surface area (Å²) in [6.07, 6.45) is 4.20. The molecule has 0 aliphatic heterocycles. The molecule has 4 heteroatoms. The summed E-state index contributed by atoms with van der Waals surface area (Å²) in [5, 5.41) is 14.6. The molecule has 1 aromatic carbocycles. The Morgan fingerprint density at radius 3 is 2.83 bits per heavy atom. The molecule has 0 spiro atoms. The lowest BCUT2D eigenvalue weighted by atomic mass is 9.87. The van der Waals surface area contributed by atoms with Gasteiger partial charge in [0.2, 0.25) is 0 Å². The van der Waals surface area contributed by atoms with Crippen LogP contribution < -0.4 is 5.32 Å². The molecule has 3 atom stereocenters. The number of hydrogen-bond acceptors (Lipinski definition) is 4. The summed E-state index contributed by atoms with van der Waals surface area (Å²) >= 11 is 1.78. The van der Waals surface area contributed by atoms with E-state index >= 15 is 0 Å². The van der Waals surface area contributed by atoms with Crippen LogP contribution in [0.5, 0.6) is 0 Å². The highest BCUT2D eigenvalue weighted by Crippen LogP contribution is 2.32. The Labute approximate surface area is 142 Å². The zero-order chi connectivity index (χ0) is 16.2. The van der Waals surface area contributed by atoms with E-state index in [-0.39, 0.29) is 6.10 Å². The van der Waals surface area contributed by atoms with Crippen LogP contribution in [0.25, 0.3) is 10.6 Å². The molecule has 1 aliphatic rings. The molecule has 3 nitrogen and oxygen atoms in total. The Hall–Kier alpha value is -1.23. The highest BCUT2D eigenvalue weighted by molar-refractivity contribution is 7.15. The molecule has 1 aliphatic carbocycles. The van der Waals surface area contributed by atoms with E-state index in [4.69, 9.17) is 4.98 Å². The number of aromatic nitrogens is 1. The second kappa shape index (κ2) is 7.56. The Balaban J connectivity index is 1.63. The van der Waals surface area contributed by atoms with E-state index in [0.717, 1.165) is 36.5 Å². The van der Waals surface area contributed by atoms with Crippen molar-refractivity contribution in [3.05, 3.63) is 40.9 Å². The first-order valence-electron chi connectivity index (χ1n) is 8.57. The predicted molar refractivity (Wildman–Crippen MR) is 96.7 cm³/mol. The average molecular weight is 330 g/mol. The standard InChI is InChI=1S/C19H26N2OS/c1-13(20-12-15-7-6-10-17(22)11-15)18-14(2)21-19(23-18)16-8-4-3-5-9-16/h3-5,8-9,13,15,17,20,22H,6-7,10-12H2,1-2H3. The zero-order valence-corrected chi connectivity index (χ0v) is 14.8. The van der Waals surface area contributed by atoms with Crippen molar-refractivity contribution in [2.24, 2.45) is 5.92 Å². The second-order valence-electron chi connectivity index (χ2n) is 6.65. The Kier molecular flexibility index (Phi) is 5.46. The van der Waals surface area contributed by atoms with Crippen LogP contribution in [-0.2, 0) is 0 Å². The number of rotatable bonds is 5. The van der Waals surface area contributed by atoms with Crippen LogP contribution >= 0.6 is 11.3 Å². The fraction of sp³-hybridized carbons (Fsp3) is 0.526. The van der Waals surface area contributed by atoms with Crippen molar-refractivity contribution in [1.29, 1.82) is 0 Å². The maximum absolute atomic E-state index is 9.80. The van der Waals surface area contributed by atoms with E-state index in [1.165, 1.54) is 16.9 Å². The van der Waals surface area contributed by atoms with E-state index in [0.29, 0.717) is 12.0 Å². The Bertz CT molecular complexity index is 626. The molecule has 3 rings (SSSR count). The van der Waals surface area contributed by atoms with E-state index < -0.39 is 0 Å². The molecule has 124 valence electrons. The van der Waals surface area contributed by atoms with Crippen molar-refractivity contribution in [2.45, 2.75) is 51.7 Å². The Morgan fingerprint density at radius 1 is 1.30 bits per heavy atom. The van der Waals surface area contributed by atoms with Gasteiger partial charge in [0.25, 0.3) is 0 Å².